The molecule has 0 radical (unpaired) electrons. The summed E-state index contributed by atoms with van der Waals surface area (Å²) in [5.41, 5.74) is 1.56. The predicted octanol–water partition coefficient (Wildman–Crippen LogP) is 2.01. The number of carbonyl (C=O) groups excluding carboxylic acids is 2. The first-order chi connectivity index (χ1) is 12.0. The van der Waals surface area contributed by atoms with Crippen molar-refractivity contribution in [3.05, 3.63) is 53.9 Å². The lowest BCUT2D eigenvalue weighted by Gasteiger charge is -2.37. The summed E-state index contributed by atoms with van der Waals surface area (Å²) in [5.74, 6) is 0.0141. The molecule has 1 aromatic carbocycles. The van der Waals surface area contributed by atoms with Crippen molar-refractivity contribution in [2.24, 2.45) is 13.0 Å². The van der Waals surface area contributed by atoms with Crippen LogP contribution in [0.1, 0.15) is 47.6 Å². The molecule has 1 fully saturated rings. The Morgan fingerprint density at radius 3 is 2.60 bits per heavy atom. The second-order valence-electron chi connectivity index (χ2n) is 6.67. The van der Waals surface area contributed by atoms with Gasteiger partial charge in [0.1, 0.15) is 0 Å². The van der Waals surface area contributed by atoms with Crippen LogP contribution >= 0.6 is 0 Å². The minimum Gasteiger partial charge on any atom is -0.393 e. The fourth-order valence-corrected chi connectivity index (χ4v) is 3.22. The van der Waals surface area contributed by atoms with Crippen molar-refractivity contribution in [1.82, 2.24) is 15.1 Å². The van der Waals surface area contributed by atoms with Crippen molar-refractivity contribution in [2.75, 3.05) is 0 Å². The average molecular weight is 341 g/mol. The molecule has 25 heavy (non-hydrogen) atoms. The standard InChI is InChI=1S/C19H23N3O3/c1-22-12-15(11-20-22)19(14-9-16(23)10-14)21-18(25)8-7-17(24)13-5-3-2-4-6-13/h2-6,11-12,14,16,19,23H,7-10H2,1H3,(H,21,25). The SMILES string of the molecule is Cn1cc(C(NC(=O)CCC(=O)c2ccccc2)C2CC(O)C2)cn1. The Morgan fingerprint density at radius 1 is 1.28 bits per heavy atom. The minimum absolute atomic E-state index is 0.0345. The molecule has 1 heterocycles. The number of aryl methyl sites for hydroxylation is 1. The van der Waals surface area contributed by atoms with E-state index < -0.39 is 0 Å². The van der Waals surface area contributed by atoms with Crippen LogP contribution in [0.4, 0.5) is 0 Å². The number of hydrogen-bond donors (Lipinski definition) is 2. The van der Waals surface area contributed by atoms with E-state index >= 15 is 0 Å². The van der Waals surface area contributed by atoms with E-state index in [0.29, 0.717) is 18.4 Å². The molecule has 1 amide bonds. The van der Waals surface area contributed by atoms with Gasteiger partial charge in [0, 0.05) is 37.2 Å². The van der Waals surface area contributed by atoms with E-state index in [4.69, 9.17) is 0 Å². The first kappa shape index (κ1) is 17.4. The van der Waals surface area contributed by atoms with Gasteiger partial charge < -0.3 is 10.4 Å². The molecule has 1 aliphatic carbocycles. The number of aliphatic hydroxyl groups is 1. The maximum absolute atomic E-state index is 12.3. The number of aromatic nitrogens is 2. The monoisotopic (exact) mass is 341 g/mol. The Bertz CT molecular complexity index is 735. The highest BCUT2D eigenvalue weighted by atomic mass is 16.3. The van der Waals surface area contributed by atoms with E-state index in [1.807, 2.05) is 31.4 Å². The lowest BCUT2D eigenvalue weighted by atomic mass is 9.75. The summed E-state index contributed by atoms with van der Waals surface area (Å²) in [6.07, 6.45) is 5.00. The van der Waals surface area contributed by atoms with Crippen molar-refractivity contribution in [1.29, 1.82) is 0 Å². The number of amides is 1. The maximum Gasteiger partial charge on any atom is 0.220 e. The van der Waals surface area contributed by atoms with Crippen molar-refractivity contribution < 1.29 is 14.7 Å². The lowest BCUT2D eigenvalue weighted by molar-refractivity contribution is -0.123. The molecular weight excluding hydrogens is 318 g/mol. The predicted molar refractivity (Wildman–Crippen MR) is 92.8 cm³/mol. The van der Waals surface area contributed by atoms with Crippen LogP contribution in [-0.4, -0.2) is 32.7 Å². The van der Waals surface area contributed by atoms with Gasteiger partial charge in [-0.3, -0.25) is 14.3 Å². The van der Waals surface area contributed by atoms with Crippen LogP contribution in [0.5, 0.6) is 0 Å². The third-order valence-electron chi connectivity index (χ3n) is 4.70. The topological polar surface area (TPSA) is 84.2 Å². The molecule has 6 nitrogen and oxygen atoms in total. The lowest BCUT2D eigenvalue weighted by Crippen LogP contribution is -2.41. The number of nitrogens with zero attached hydrogens (tertiary/aromatic N) is 2. The van der Waals surface area contributed by atoms with E-state index in [1.54, 1.807) is 23.0 Å². The van der Waals surface area contributed by atoms with Crippen molar-refractivity contribution in [2.45, 2.75) is 37.8 Å². The maximum atomic E-state index is 12.3. The van der Waals surface area contributed by atoms with Gasteiger partial charge in [-0.25, -0.2) is 0 Å². The van der Waals surface area contributed by atoms with Crippen molar-refractivity contribution in [3.8, 4) is 0 Å². The summed E-state index contributed by atoms with van der Waals surface area (Å²) in [7, 11) is 1.83. The Kier molecular flexibility index (Phi) is 5.28. The van der Waals surface area contributed by atoms with E-state index in [0.717, 1.165) is 5.56 Å². The number of hydrogen-bond acceptors (Lipinski definition) is 4. The number of rotatable bonds is 7. The van der Waals surface area contributed by atoms with E-state index in [9.17, 15) is 14.7 Å². The molecule has 0 aliphatic heterocycles. The van der Waals surface area contributed by atoms with Gasteiger partial charge in [0.25, 0.3) is 0 Å². The molecule has 1 unspecified atom stereocenters. The molecule has 2 N–H and O–H groups in total. The summed E-state index contributed by atoms with van der Waals surface area (Å²) < 4.78 is 1.70. The highest BCUT2D eigenvalue weighted by Gasteiger charge is 2.36. The summed E-state index contributed by atoms with van der Waals surface area (Å²) in [4.78, 5) is 24.5. The normalized spacial score (nSPS) is 20.6. The first-order valence-corrected chi connectivity index (χ1v) is 8.57. The van der Waals surface area contributed by atoms with Gasteiger partial charge in [-0.2, -0.15) is 5.10 Å². The fourth-order valence-electron chi connectivity index (χ4n) is 3.22. The minimum atomic E-state index is -0.291. The average Bonchev–Trinajstić information content (AvgIpc) is 3.02. The second kappa shape index (κ2) is 7.61. The van der Waals surface area contributed by atoms with Crippen molar-refractivity contribution >= 4 is 11.7 Å². The van der Waals surface area contributed by atoms with Gasteiger partial charge in [-0.05, 0) is 18.8 Å². The van der Waals surface area contributed by atoms with Crippen LogP contribution in [0, 0.1) is 5.92 Å². The van der Waals surface area contributed by atoms with E-state index in [2.05, 4.69) is 10.4 Å². The molecular formula is C19H23N3O3. The molecule has 2 aromatic rings. The van der Waals surface area contributed by atoms with Crippen molar-refractivity contribution in [3.63, 3.8) is 0 Å². The van der Waals surface area contributed by atoms with Gasteiger partial charge in [0.2, 0.25) is 5.91 Å². The second-order valence-corrected chi connectivity index (χ2v) is 6.67. The molecule has 3 rings (SSSR count). The van der Waals surface area contributed by atoms with Crippen LogP contribution in [0.3, 0.4) is 0 Å². The third-order valence-corrected chi connectivity index (χ3v) is 4.70. The number of aliphatic hydroxyl groups excluding tert-OH is 1. The van der Waals surface area contributed by atoms with Gasteiger partial charge >= 0.3 is 0 Å². The number of carbonyl (C=O) groups is 2. The summed E-state index contributed by atoms with van der Waals surface area (Å²) in [6, 6.07) is 8.83. The Labute approximate surface area is 146 Å². The highest BCUT2D eigenvalue weighted by Crippen LogP contribution is 2.38. The smallest absolute Gasteiger partial charge is 0.220 e. The molecule has 1 saturated carbocycles. The molecule has 0 bridgehead atoms. The van der Waals surface area contributed by atoms with E-state index in [-0.39, 0.29) is 42.6 Å². The van der Waals surface area contributed by atoms with Gasteiger partial charge in [0.15, 0.2) is 5.78 Å². The zero-order valence-electron chi connectivity index (χ0n) is 14.3. The fraction of sp³-hybridized carbons (Fsp3) is 0.421. The highest BCUT2D eigenvalue weighted by molar-refractivity contribution is 5.97. The zero-order chi connectivity index (χ0) is 17.8. The molecule has 1 atom stereocenters. The number of Topliss-reactive ketones (excluding diaryl/α,β-unsaturated/α-hetero) is 1. The molecule has 132 valence electrons. The van der Waals surface area contributed by atoms with Crippen LogP contribution in [0.2, 0.25) is 0 Å². The molecule has 6 heteroatoms. The quantitative estimate of drug-likeness (QED) is 0.755. The summed E-state index contributed by atoms with van der Waals surface area (Å²) in [6.45, 7) is 0. The first-order valence-electron chi connectivity index (χ1n) is 8.57. The van der Waals surface area contributed by atoms with Gasteiger partial charge in [-0.15, -0.1) is 0 Å². The van der Waals surface area contributed by atoms with Crippen LogP contribution in [0.25, 0.3) is 0 Å². The molecule has 0 spiro atoms. The Morgan fingerprint density at radius 2 is 2.00 bits per heavy atom. The van der Waals surface area contributed by atoms with E-state index in [1.165, 1.54) is 0 Å². The Hall–Kier alpha value is -2.47. The van der Waals surface area contributed by atoms with Crippen LogP contribution < -0.4 is 5.32 Å². The van der Waals surface area contributed by atoms with Crippen LogP contribution in [0.15, 0.2) is 42.7 Å². The molecule has 1 aliphatic rings. The molecule has 0 saturated heterocycles. The summed E-state index contributed by atoms with van der Waals surface area (Å²) >= 11 is 0. The Balaban J connectivity index is 1.58. The van der Waals surface area contributed by atoms with Gasteiger partial charge in [-0.1, -0.05) is 30.3 Å². The van der Waals surface area contributed by atoms with Gasteiger partial charge in [0.05, 0.1) is 18.3 Å². The zero-order valence-corrected chi connectivity index (χ0v) is 14.3. The third kappa shape index (κ3) is 4.33. The number of nitrogens with one attached hydrogen (secondary N) is 1. The molecule has 1 aromatic heterocycles. The summed E-state index contributed by atoms with van der Waals surface area (Å²) in [5, 5.41) is 16.8. The number of benzene rings is 1. The number of ketones is 1. The largest absolute Gasteiger partial charge is 0.393 e. The van der Waals surface area contributed by atoms with Crippen LogP contribution in [-0.2, 0) is 11.8 Å².